The quantitative estimate of drug-likeness (QED) is 0.722. The number of hydrogen-bond donors (Lipinski definition) is 0. The van der Waals surface area contributed by atoms with E-state index in [1.54, 1.807) is 0 Å². The summed E-state index contributed by atoms with van der Waals surface area (Å²) in [6.45, 7) is 4.36. The SMILES string of the molecule is c1cncc(CN2C[C@H](OCCCn3cccn3)[C@H]3OCCC[C@H]32)c1. The molecule has 4 heterocycles. The Hall–Kier alpha value is -1.76. The van der Waals surface area contributed by atoms with Crippen molar-refractivity contribution in [2.24, 2.45) is 0 Å². The maximum Gasteiger partial charge on any atom is 0.100 e. The highest BCUT2D eigenvalue weighted by Gasteiger charge is 2.44. The van der Waals surface area contributed by atoms with Gasteiger partial charge in [0.25, 0.3) is 0 Å². The second kappa shape index (κ2) is 8.08. The molecular formula is C19H26N4O2. The zero-order valence-corrected chi connectivity index (χ0v) is 14.5. The Balaban J connectivity index is 1.32. The molecule has 0 bridgehead atoms. The molecule has 0 radical (unpaired) electrons. The van der Waals surface area contributed by atoms with Crippen LogP contribution in [-0.4, -0.2) is 57.7 Å². The molecule has 25 heavy (non-hydrogen) atoms. The summed E-state index contributed by atoms with van der Waals surface area (Å²) in [6, 6.07) is 6.56. The van der Waals surface area contributed by atoms with Gasteiger partial charge in [-0.1, -0.05) is 6.07 Å². The third-order valence-corrected chi connectivity index (χ3v) is 5.11. The monoisotopic (exact) mass is 342 g/mol. The average molecular weight is 342 g/mol. The summed E-state index contributed by atoms with van der Waals surface area (Å²) in [4.78, 5) is 6.75. The first kappa shape index (κ1) is 16.7. The minimum Gasteiger partial charge on any atom is -0.374 e. The number of hydrogen-bond acceptors (Lipinski definition) is 5. The summed E-state index contributed by atoms with van der Waals surface area (Å²) in [5.74, 6) is 0. The Bertz CT molecular complexity index is 634. The molecule has 4 rings (SSSR count). The number of nitrogens with zero attached hydrogens (tertiary/aromatic N) is 4. The van der Waals surface area contributed by atoms with E-state index in [4.69, 9.17) is 9.47 Å². The summed E-state index contributed by atoms with van der Waals surface area (Å²) >= 11 is 0. The van der Waals surface area contributed by atoms with Gasteiger partial charge in [-0.05, 0) is 37.0 Å². The Morgan fingerprint density at radius 1 is 1.28 bits per heavy atom. The topological polar surface area (TPSA) is 52.4 Å². The van der Waals surface area contributed by atoms with Gasteiger partial charge in [-0.25, -0.2) is 0 Å². The highest BCUT2D eigenvalue weighted by atomic mass is 16.5. The molecule has 2 fully saturated rings. The number of rotatable bonds is 7. The van der Waals surface area contributed by atoms with Crippen molar-refractivity contribution in [2.75, 3.05) is 19.8 Å². The van der Waals surface area contributed by atoms with Gasteiger partial charge in [0.2, 0.25) is 0 Å². The van der Waals surface area contributed by atoms with E-state index < -0.39 is 0 Å². The molecule has 2 aromatic heterocycles. The standard InChI is InChI=1S/C19H26N4O2/c1-5-16(13-20-7-1)14-22-15-18(19-17(22)6-2-11-25-19)24-12-4-10-23-9-3-8-21-23/h1,3,5,7-9,13,17-19H,2,4,6,10-12,14-15H2/t17-,18+,19+/m1/s1. The first-order chi connectivity index (χ1) is 12.4. The Labute approximate surface area is 148 Å². The van der Waals surface area contributed by atoms with Gasteiger partial charge in [-0.15, -0.1) is 0 Å². The average Bonchev–Trinajstić information content (AvgIpc) is 3.29. The summed E-state index contributed by atoms with van der Waals surface area (Å²) in [6.07, 6.45) is 11.3. The number of likely N-dealkylation sites (tertiary alicyclic amines) is 1. The molecule has 0 aromatic carbocycles. The van der Waals surface area contributed by atoms with Gasteiger partial charge in [-0.3, -0.25) is 14.6 Å². The van der Waals surface area contributed by atoms with E-state index >= 15 is 0 Å². The summed E-state index contributed by atoms with van der Waals surface area (Å²) in [5, 5.41) is 4.23. The smallest absolute Gasteiger partial charge is 0.100 e. The van der Waals surface area contributed by atoms with Crippen molar-refractivity contribution >= 4 is 0 Å². The first-order valence-electron chi connectivity index (χ1n) is 9.24. The van der Waals surface area contributed by atoms with E-state index in [2.05, 4.69) is 21.0 Å². The van der Waals surface area contributed by atoms with E-state index in [1.807, 2.05) is 41.6 Å². The van der Waals surface area contributed by atoms with E-state index in [0.29, 0.717) is 6.04 Å². The molecule has 2 saturated heterocycles. The second-order valence-corrected chi connectivity index (χ2v) is 6.87. The van der Waals surface area contributed by atoms with E-state index in [0.717, 1.165) is 45.7 Å². The third-order valence-electron chi connectivity index (χ3n) is 5.11. The minimum atomic E-state index is 0.166. The maximum absolute atomic E-state index is 6.22. The van der Waals surface area contributed by atoms with Crippen molar-refractivity contribution < 1.29 is 9.47 Å². The van der Waals surface area contributed by atoms with E-state index in [9.17, 15) is 0 Å². The van der Waals surface area contributed by atoms with Crippen molar-refractivity contribution in [3.63, 3.8) is 0 Å². The summed E-state index contributed by atoms with van der Waals surface area (Å²) in [7, 11) is 0. The van der Waals surface area contributed by atoms with Crippen LogP contribution in [0.25, 0.3) is 0 Å². The molecule has 0 spiro atoms. The number of fused-ring (bicyclic) bond motifs is 1. The molecule has 6 heteroatoms. The summed E-state index contributed by atoms with van der Waals surface area (Å²) < 4.78 is 14.3. The van der Waals surface area contributed by atoms with Gasteiger partial charge in [0.15, 0.2) is 0 Å². The Morgan fingerprint density at radius 3 is 3.12 bits per heavy atom. The van der Waals surface area contributed by atoms with Crippen molar-refractivity contribution in [1.82, 2.24) is 19.7 Å². The van der Waals surface area contributed by atoms with Gasteiger partial charge in [-0.2, -0.15) is 5.10 Å². The number of ether oxygens (including phenoxy) is 2. The highest BCUT2D eigenvalue weighted by Crippen LogP contribution is 2.31. The zero-order valence-electron chi connectivity index (χ0n) is 14.5. The lowest BCUT2D eigenvalue weighted by atomic mass is 10.0. The Morgan fingerprint density at radius 2 is 2.28 bits per heavy atom. The fourth-order valence-electron chi connectivity index (χ4n) is 3.95. The second-order valence-electron chi connectivity index (χ2n) is 6.87. The fraction of sp³-hybridized carbons (Fsp3) is 0.579. The molecule has 0 N–H and O–H groups in total. The van der Waals surface area contributed by atoms with Gasteiger partial charge < -0.3 is 9.47 Å². The van der Waals surface area contributed by atoms with Crippen LogP contribution in [0.15, 0.2) is 43.0 Å². The van der Waals surface area contributed by atoms with Crippen LogP contribution in [0.5, 0.6) is 0 Å². The van der Waals surface area contributed by atoms with Crippen molar-refractivity contribution in [1.29, 1.82) is 0 Å². The summed E-state index contributed by atoms with van der Waals surface area (Å²) in [5.41, 5.74) is 1.26. The molecule has 3 atom stereocenters. The molecule has 0 aliphatic carbocycles. The van der Waals surface area contributed by atoms with Gasteiger partial charge >= 0.3 is 0 Å². The zero-order chi connectivity index (χ0) is 16.9. The molecule has 0 unspecified atom stereocenters. The van der Waals surface area contributed by atoms with Crippen LogP contribution in [0.3, 0.4) is 0 Å². The number of aryl methyl sites for hydroxylation is 1. The molecule has 0 saturated carbocycles. The molecule has 134 valence electrons. The highest BCUT2D eigenvalue weighted by molar-refractivity contribution is 5.10. The third kappa shape index (κ3) is 4.08. The molecule has 2 aromatic rings. The van der Waals surface area contributed by atoms with Crippen LogP contribution >= 0.6 is 0 Å². The predicted octanol–water partition coefficient (Wildman–Crippen LogP) is 2.12. The maximum atomic E-state index is 6.22. The van der Waals surface area contributed by atoms with Gasteiger partial charge in [0.05, 0.1) is 6.10 Å². The largest absolute Gasteiger partial charge is 0.374 e. The minimum absolute atomic E-state index is 0.166. The van der Waals surface area contributed by atoms with Crippen LogP contribution in [0.1, 0.15) is 24.8 Å². The van der Waals surface area contributed by atoms with Crippen LogP contribution in [0.2, 0.25) is 0 Å². The first-order valence-corrected chi connectivity index (χ1v) is 9.24. The number of aromatic nitrogens is 3. The molecule has 2 aliphatic rings. The van der Waals surface area contributed by atoms with Crippen molar-refractivity contribution in [3.8, 4) is 0 Å². The molecule has 0 amide bonds. The molecule has 2 aliphatic heterocycles. The molecule has 6 nitrogen and oxygen atoms in total. The predicted molar refractivity (Wildman–Crippen MR) is 94.0 cm³/mol. The number of pyridine rings is 1. The fourth-order valence-corrected chi connectivity index (χ4v) is 3.95. The van der Waals surface area contributed by atoms with Crippen LogP contribution in [0, 0.1) is 0 Å². The van der Waals surface area contributed by atoms with Gasteiger partial charge in [0.1, 0.15) is 6.10 Å². The Kier molecular flexibility index (Phi) is 5.40. The van der Waals surface area contributed by atoms with E-state index in [1.165, 1.54) is 12.0 Å². The van der Waals surface area contributed by atoms with Crippen molar-refractivity contribution in [2.45, 2.75) is 50.6 Å². The van der Waals surface area contributed by atoms with Crippen molar-refractivity contribution in [3.05, 3.63) is 48.5 Å². The molecular weight excluding hydrogens is 316 g/mol. The lowest BCUT2D eigenvalue weighted by Gasteiger charge is -2.32. The van der Waals surface area contributed by atoms with Crippen LogP contribution < -0.4 is 0 Å². The van der Waals surface area contributed by atoms with E-state index in [-0.39, 0.29) is 12.2 Å². The normalized spacial score (nSPS) is 26.6. The van der Waals surface area contributed by atoms with Gasteiger partial charge in [0, 0.05) is 63.7 Å². The lowest BCUT2D eigenvalue weighted by molar-refractivity contribution is -0.0780. The van der Waals surface area contributed by atoms with Crippen LogP contribution in [0.4, 0.5) is 0 Å². The van der Waals surface area contributed by atoms with Crippen LogP contribution in [-0.2, 0) is 22.6 Å². The lowest BCUT2D eigenvalue weighted by Crippen LogP contribution is -2.41.